The lowest BCUT2D eigenvalue weighted by molar-refractivity contribution is 1.14. The molecule has 0 saturated heterocycles. The molecule has 2 heterocycles. The van der Waals surface area contributed by atoms with Crippen molar-refractivity contribution >= 4 is 27.4 Å². The summed E-state index contributed by atoms with van der Waals surface area (Å²) in [5.41, 5.74) is 6.35. The van der Waals surface area contributed by atoms with E-state index in [0.29, 0.717) is 5.82 Å². The fourth-order valence-corrected chi connectivity index (χ4v) is 3.42. The van der Waals surface area contributed by atoms with Crippen LogP contribution < -0.4 is 11.3 Å². The van der Waals surface area contributed by atoms with Gasteiger partial charge in [0.2, 0.25) is 0 Å². The highest BCUT2D eigenvalue weighted by molar-refractivity contribution is 7.19. The average Bonchev–Trinajstić information content (AvgIpc) is 2.83. The van der Waals surface area contributed by atoms with Gasteiger partial charge < -0.3 is 5.43 Å². The van der Waals surface area contributed by atoms with Crippen LogP contribution in [0.3, 0.4) is 0 Å². The van der Waals surface area contributed by atoms with Gasteiger partial charge in [0.1, 0.15) is 11.2 Å². The zero-order valence-corrected chi connectivity index (χ0v) is 12.3. The Labute approximate surface area is 121 Å². The molecular weight excluding hydrogens is 268 g/mol. The normalized spacial score (nSPS) is 10.9. The van der Waals surface area contributed by atoms with Crippen molar-refractivity contribution in [2.75, 3.05) is 5.43 Å². The minimum Gasteiger partial charge on any atom is -0.308 e. The van der Waals surface area contributed by atoms with Crippen molar-refractivity contribution in [2.24, 2.45) is 5.84 Å². The summed E-state index contributed by atoms with van der Waals surface area (Å²) in [7, 11) is 0. The Morgan fingerprint density at radius 2 is 1.95 bits per heavy atom. The molecule has 0 bridgehead atoms. The number of nitrogen functional groups attached to an aromatic ring is 1. The highest BCUT2D eigenvalue weighted by atomic mass is 32.1. The molecule has 0 aliphatic carbocycles. The Kier molecular flexibility index (Phi) is 3.38. The number of hydrogen-bond donors (Lipinski definition) is 2. The molecule has 0 amide bonds. The average molecular weight is 284 g/mol. The first kappa shape index (κ1) is 13.0. The van der Waals surface area contributed by atoms with E-state index in [1.54, 1.807) is 11.3 Å². The van der Waals surface area contributed by atoms with Gasteiger partial charge in [0.15, 0.2) is 5.82 Å². The van der Waals surface area contributed by atoms with Crippen LogP contribution in [0.5, 0.6) is 0 Å². The monoisotopic (exact) mass is 284 g/mol. The molecule has 20 heavy (non-hydrogen) atoms. The molecule has 0 aliphatic heterocycles. The molecule has 3 aromatic rings. The number of benzene rings is 1. The maximum atomic E-state index is 5.58. The number of hydrazine groups is 1. The van der Waals surface area contributed by atoms with Gasteiger partial charge in [-0.15, -0.1) is 11.3 Å². The lowest BCUT2D eigenvalue weighted by atomic mass is 10.0. The molecular formula is C15H16N4S. The summed E-state index contributed by atoms with van der Waals surface area (Å²) in [6, 6.07) is 8.64. The molecule has 0 unspecified atom stereocenters. The lowest BCUT2D eigenvalue weighted by Gasteiger charge is -2.06. The van der Waals surface area contributed by atoms with E-state index in [0.717, 1.165) is 16.6 Å². The van der Waals surface area contributed by atoms with E-state index >= 15 is 0 Å². The molecule has 4 nitrogen and oxygen atoms in total. The maximum absolute atomic E-state index is 5.58. The molecule has 102 valence electrons. The van der Waals surface area contributed by atoms with Crippen molar-refractivity contribution < 1.29 is 0 Å². The fourth-order valence-electron chi connectivity index (χ4n) is 2.41. The Morgan fingerprint density at radius 1 is 1.20 bits per heavy atom. The molecule has 1 aromatic carbocycles. The van der Waals surface area contributed by atoms with Crippen LogP contribution >= 0.6 is 11.3 Å². The number of nitrogens with two attached hydrogens (primary N) is 1. The first-order valence-corrected chi connectivity index (χ1v) is 7.36. The van der Waals surface area contributed by atoms with E-state index in [2.05, 4.69) is 53.5 Å². The van der Waals surface area contributed by atoms with Crippen LogP contribution in [-0.2, 0) is 6.42 Å². The number of nitrogens with one attached hydrogen (secondary N) is 1. The number of rotatable bonds is 3. The lowest BCUT2D eigenvalue weighted by Crippen LogP contribution is -2.09. The zero-order valence-electron chi connectivity index (χ0n) is 11.5. The molecule has 3 rings (SSSR count). The predicted octanol–water partition coefficient (Wildman–Crippen LogP) is 3.51. The summed E-state index contributed by atoms with van der Waals surface area (Å²) in [4.78, 5) is 10.7. The molecule has 0 spiro atoms. The van der Waals surface area contributed by atoms with Gasteiger partial charge in [0.05, 0.1) is 5.39 Å². The minimum absolute atomic E-state index is 0.675. The number of anilines is 1. The zero-order chi connectivity index (χ0) is 14.1. The van der Waals surface area contributed by atoms with Gasteiger partial charge >= 0.3 is 0 Å². The largest absolute Gasteiger partial charge is 0.308 e. The summed E-state index contributed by atoms with van der Waals surface area (Å²) in [6.07, 6.45) is 2.58. The van der Waals surface area contributed by atoms with Gasteiger partial charge in [0, 0.05) is 10.4 Å². The number of hydrogen-bond acceptors (Lipinski definition) is 5. The van der Waals surface area contributed by atoms with Crippen molar-refractivity contribution in [2.45, 2.75) is 20.3 Å². The third kappa shape index (κ3) is 2.05. The van der Waals surface area contributed by atoms with Gasteiger partial charge in [-0.1, -0.05) is 31.2 Å². The van der Waals surface area contributed by atoms with Crippen LogP contribution in [0.25, 0.3) is 21.3 Å². The van der Waals surface area contributed by atoms with E-state index in [9.17, 15) is 0 Å². The number of aryl methyl sites for hydroxylation is 2. The summed E-state index contributed by atoms with van der Waals surface area (Å²) < 4.78 is 0. The molecule has 3 N–H and O–H groups in total. The van der Waals surface area contributed by atoms with Crippen molar-refractivity contribution in [1.29, 1.82) is 0 Å². The highest BCUT2D eigenvalue weighted by Crippen LogP contribution is 2.39. The van der Waals surface area contributed by atoms with Crippen LogP contribution in [0.2, 0.25) is 0 Å². The fraction of sp³-hybridized carbons (Fsp3) is 0.200. The SMILES string of the molecule is CCc1ccc(-c2c(C)sc3ncnc(NN)c23)cc1. The van der Waals surface area contributed by atoms with Crippen molar-refractivity contribution in [3.05, 3.63) is 41.0 Å². The third-order valence-corrected chi connectivity index (χ3v) is 4.47. The second kappa shape index (κ2) is 5.19. The highest BCUT2D eigenvalue weighted by Gasteiger charge is 2.16. The first-order chi connectivity index (χ1) is 9.74. The van der Waals surface area contributed by atoms with E-state index in [1.165, 1.54) is 27.9 Å². The summed E-state index contributed by atoms with van der Waals surface area (Å²) in [5, 5.41) is 1.00. The summed E-state index contributed by atoms with van der Waals surface area (Å²) in [5.74, 6) is 6.26. The Morgan fingerprint density at radius 3 is 2.60 bits per heavy atom. The molecule has 0 saturated carbocycles. The smallest absolute Gasteiger partial charge is 0.152 e. The van der Waals surface area contributed by atoms with Crippen LogP contribution in [0.15, 0.2) is 30.6 Å². The van der Waals surface area contributed by atoms with Crippen LogP contribution in [0.4, 0.5) is 5.82 Å². The van der Waals surface area contributed by atoms with Gasteiger partial charge in [-0.05, 0) is 24.5 Å². The number of nitrogens with zero attached hydrogens (tertiary/aromatic N) is 2. The minimum atomic E-state index is 0.675. The quantitative estimate of drug-likeness (QED) is 0.570. The second-order valence-electron chi connectivity index (χ2n) is 4.63. The van der Waals surface area contributed by atoms with Gasteiger partial charge in [-0.25, -0.2) is 15.8 Å². The summed E-state index contributed by atoms with van der Waals surface area (Å²) >= 11 is 1.67. The van der Waals surface area contributed by atoms with E-state index in [1.807, 2.05) is 0 Å². The number of fused-ring (bicyclic) bond motifs is 1. The number of thiophene rings is 1. The van der Waals surface area contributed by atoms with Crippen LogP contribution in [-0.4, -0.2) is 9.97 Å². The Hall–Kier alpha value is -1.98. The van der Waals surface area contributed by atoms with E-state index < -0.39 is 0 Å². The van der Waals surface area contributed by atoms with Gasteiger partial charge in [-0.3, -0.25) is 0 Å². The second-order valence-corrected chi connectivity index (χ2v) is 5.83. The van der Waals surface area contributed by atoms with Crippen molar-refractivity contribution in [3.63, 3.8) is 0 Å². The molecule has 0 atom stereocenters. The maximum Gasteiger partial charge on any atom is 0.152 e. The van der Waals surface area contributed by atoms with Crippen LogP contribution in [0, 0.1) is 6.92 Å². The Balaban J connectivity index is 2.26. The third-order valence-electron chi connectivity index (χ3n) is 3.45. The number of aromatic nitrogens is 2. The topological polar surface area (TPSA) is 63.8 Å². The molecule has 2 aromatic heterocycles. The van der Waals surface area contributed by atoms with Crippen molar-refractivity contribution in [3.8, 4) is 11.1 Å². The molecule has 0 aliphatic rings. The molecule has 0 radical (unpaired) electrons. The Bertz CT molecular complexity index is 746. The van der Waals surface area contributed by atoms with Crippen LogP contribution in [0.1, 0.15) is 17.4 Å². The van der Waals surface area contributed by atoms with Gasteiger partial charge in [0.25, 0.3) is 0 Å². The molecule has 5 heteroatoms. The first-order valence-electron chi connectivity index (χ1n) is 6.54. The molecule has 0 fully saturated rings. The standard InChI is InChI=1S/C15H16N4S/c1-3-10-4-6-11(7-5-10)12-9(2)20-15-13(12)14(19-16)17-8-18-15/h4-8H,3,16H2,1-2H3,(H,17,18,19). The summed E-state index contributed by atoms with van der Waals surface area (Å²) in [6.45, 7) is 4.26. The van der Waals surface area contributed by atoms with E-state index in [4.69, 9.17) is 5.84 Å². The van der Waals surface area contributed by atoms with E-state index in [-0.39, 0.29) is 0 Å². The predicted molar refractivity (Wildman–Crippen MR) is 84.8 cm³/mol. The van der Waals surface area contributed by atoms with Crippen molar-refractivity contribution in [1.82, 2.24) is 9.97 Å². The van der Waals surface area contributed by atoms with Gasteiger partial charge in [-0.2, -0.15) is 0 Å².